The van der Waals surface area contributed by atoms with E-state index in [9.17, 15) is 4.79 Å². The predicted molar refractivity (Wildman–Crippen MR) is 54.7 cm³/mol. The quantitative estimate of drug-likeness (QED) is 0.591. The van der Waals surface area contributed by atoms with Gasteiger partial charge in [0.05, 0.1) is 0 Å². The second-order valence-corrected chi connectivity index (χ2v) is 4.02. The fraction of sp³-hybridized carbons (Fsp3) is 0.900. The maximum Gasteiger partial charge on any atom is 0.241 e. The molecule has 0 saturated carbocycles. The fourth-order valence-corrected chi connectivity index (χ4v) is 1.92. The molecule has 1 fully saturated rings. The summed E-state index contributed by atoms with van der Waals surface area (Å²) in [5, 5.41) is 8.86. The van der Waals surface area contributed by atoms with Gasteiger partial charge >= 0.3 is 0 Å². The van der Waals surface area contributed by atoms with Crippen LogP contribution in [0.2, 0.25) is 0 Å². The second kappa shape index (κ2) is 5.32. The summed E-state index contributed by atoms with van der Waals surface area (Å²) in [4.78, 5) is 13.0. The van der Waals surface area contributed by atoms with Gasteiger partial charge in [0.1, 0.15) is 6.04 Å². The summed E-state index contributed by atoms with van der Waals surface area (Å²) in [6.07, 6.45) is 2.95. The normalized spacial score (nSPS) is 23.5. The van der Waals surface area contributed by atoms with E-state index in [-0.39, 0.29) is 18.6 Å². The first-order valence-electron chi connectivity index (χ1n) is 5.34. The Balaban J connectivity index is 2.29. The molecule has 0 radical (unpaired) electrons. The lowest BCUT2D eigenvalue weighted by Crippen LogP contribution is -2.61. The zero-order valence-corrected chi connectivity index (χ0v) is 8.78. The number of nitrogens with two attached hydrogens (primary N) is 1. The highest BCUT2D eigenvalue weighted by atomic mass is 16.3. The third kappa shape index (κ3) is 2.69. The number of carbonyl (C=O) groups is 1. The number of aliphatic hydroxyl groups excluding tert-OH is 1. The largest absolute Gasteiger partial charge is 0.396 e. The van der Waals surface area contributed by atoms with E-state index in [4.69, 9.17) is 10.8 Å². The molecule has 0 aromatic heterocycles. The molecule has 0 spiro atoms. The number of likely N-dealkylation sites (tertiary alicyclic amines) is 1. The minimum absolute atomic E-state index is 0.0593. The first-order valence-corrected chi connectivity index (χ1v) is 5.34. The monoisotopic (exact) mass is 200 g/mol. The van der Waals surface area contributed by atoms with Crippen LogP contribution in [0.4, 0.5) is 0 Å². The maximum absolute atomic E-state index is 11.2. The molecule has 1 rings (SSSR count). The number of hydrogen-bond acceptors (Lipinski definition) is 3. The summed E-state index contributed by atoms with van der Waals surface area (Å²) in [6.45, 7) is 3.78. The number of nitrogens with zero attached hydrogens (tertiary/aromatic N) is 1. The van der Waals surface area contributed by atoms with Gasteiger partial charge in [-0.05, 0) is 18.8 Å². The Labute approximate surface area is 85.1 Å². The third-order valence-electron chi connectivity index (χ3n) is 2.76. The number of β-lactam (4-membered cyclic amide) rings is 1. The lowest BCUT2D eigenvalue weighted by molar-refractivity contribution is -0.143. The highest BCUT2D eigenvalue weighted by Gasteiger charge is 2.34. The van der Waals surface area contributed by atoms with Crippen LogP contribution in [0.15, 0.2) is 0 Å². The standard InChI is InChI=1S/C10H20N2O2/c1-2-3-8(4-5-13)6-12-7-9(11)10(12)14/h8-9,13H,2-7,11H2,1H3. The van der Waals surface area contributed by atoms with E-state index < -0.39 is 0 Å². The first kappa shape index (κ1) is 11.5. The number of amides is 1. The van der Waals surface area contributed by atoms with Crippen LogP contribution in [0.3, 0.4) is 0 Å². The van der Waals surface area contributed by atoms with E-state index >= 15 is 0 Å². The van der Waals surface area contributed by atoms with Crippen LogP contribution >= 0.6 is 0 Å². The molecule has 1 amide bonds. The van der Waals surface area contributed by atoms with E-state index in [1.54, 1.807) is 4.90 Å². The molecule has 1 aliphatic heterocycles. The van der Waals surface area contributed by atoms with Gasteiger partial charge in [-0.25, -0.2) is 0 Å². The summed E-state index contributed by atoms with van der Waals surface area (Å²) in [5.74, 6) is 0.491. The van der Waals surface area contributed by atoms with Crippen LogP contribution in [0, 0.1) is 5.92 Å². The first-order chi connectivity index (χ1) is 6.69. The van der Waals surface area contributed by atoms with Gasteiger partial charge in [0.2, 0.25) is 5.91 Å². The van der Waals surface area contributed by atoms with Gasteiger partial charge in [-0.1, -0.05) is 13.3 Å². The highest BCUT2D eigenvalue weighted by Crippen LogP contribution is 2.17. The lowest BCUT2D eigenvalue weighted by atomic mass is 9.97. The Morgan fingerprint density at radius 3 is 2.79 bits per heavy atom. The molecule has 1 heterocycles. The Morgan fingerprint density at radius 2 is 2.36 bits per heavy atom. The molecule has 1 saturated heterocycles. The van der Waals surface area contributed by atoms with Crippen molar-refractivity contribution in [2.75, 3.05) is 19.7 Å². The van der Waals surface area contributed by atoms with Crippen molar-refractivity contribution in [3.63, 3.8) is 0 Å². The molecule has 2 unspecified atom stereocenters. The van der Waals surface area contributed by atoms with Crippen molar-refractivity contribution in [2.24, 2.45) is 11.7 Å². The molecule has 0 aromatic carbocycles. The minimum atomic E-state index is -0.272. The van der Waals surface area contributed by atoms with Crippen molar-refractivity contribution >= 4 is 5.91 Å². The average Bonchev–Trinajstić information content (AvgIpc) is 2.17. The van der Waals surface area contributed by atoms with E-state index in [1.807, 2.05) is 0 Å². The molecular formula is C10H20N2O2. The van der Waals surface area contributed by atoms with Gasteiger partial charge in [0, 0.05) is 19.7 Å². The summed E-state index contributed by atoms with van der Waals surface area (Å²) < 4.78 is 0. The van der Waals surface area contributed by atoms with Crippen LogP contribution in [0.1, 0.15) is 26.2 Å². The number of aliphatic hydroxyl groups is 1. The zero-order chi connectivity index (χ0) is 10.6. The van der Waals surface area contributed by atoms with E-state index in [1.165, 1.54) is 0 Å². The topological polar surface area (TPSA) is 66.6 Å². The molecule has 3 N–H and O–H groups in total. The SMILES string of the molecule is CCCC(CCO)CN1CC(N)C1=O. The predicted octanol–water partition coefficient (Wildman–Crippen LogP) is -0.0454. The second-order valence-electron chi connectivity index (χ2n) is 4.02. The van der Waals surface area contributed by atoms with Crippen molar-refractivity contribution in [2.45, 2.75) is 32.2 Å². The summed E-state index contributed by atoms with van der Waals surface area (Å²) >= 11 is 0. The van der Waals surface area contributed by atoms with Crippen LogP contribution in [0.25, 0.3) is 0 Å². The highest BCUT2D eigenvalue weighted by molar-refractivity contribution is 5.87. The minimum Gasteiger partial charge on any atom is -0.396 e. The summed E-state index contributed by atoms with van der Waals surface area (Å²) in [7, 11) is 0. The van der Waals surface area contributed by atoms with Crippen molar-refractivity contribution in [3.05, 3.63) is 0 Å². The van der Waals surface area contributed by atoms with Crippen LogP contribution < -0.4 is 5.73 Å². The number of rotatable bonds is 6. The number of carbonyl (C=O) groups excluding carboxylic acids is 1. The Bertz CT molecular complexity index is 191. The Hall–Kier alpha value is -0.610. The van der Waals surface area contributed by atoms with E-state index in [2.05, 4.69) is 6.92 Å². The van der Waals surface area contributed by atoms with Crippen molar-refractivity contribution in [3.8, 4) is 0 Å². The summed E-state index contributed by atoms with van der Waals surface area (Å²) in [5.41, 5.74) is 5.50. The smallest absolute Gasteiger partial charge is 0.241 e. The van der Waals surface area contributed by atoms with Crippen molar-refractivity contribution in [1.29, 1.82) is 0 Å². The van der Waals surface area contributed by atoms with Gasteiger partial charge in [0.25, 0.3) is 0 Å². The molecule has 0 aliphatic carbocycles. The van der Waals surface area contributed by atoms with Gasteiger partial charge in [-0.2, -0.15) is 0 Å². The van der Waals surface area contributed by atoms with Gasteiger partial charge in [-0.15, -0.1) is 0 Å². The van der Waals surface area contributed by atoms with Gasteiger partial charge in [0.15, 0.2) is 0 Å². The van der Waals surface area contributed by atoms with E-state index in [0.717, 1.165) is 25.8 Å². The Morgan fingerprint density at radius 1 is 1.64 bits per heavy atom. The van der Waals surface area contributed by atoms with Gasteiger partial charge < -0.3 is 15.7 Å². The fourth-order valence-electron chi connectivity index (χ4n) is 1.92. The van der Waals surface area contributed by atoms with Crippen molar-refractivity contribution in [1.82, 2.24) is 4.90 Å². The van der Waals surface area contributed by atoms with Gasteiger partial charge in [-0.3, -0.25) is 4.79 Å². The van der Waals surface area contributed by atoms with Crippen LogP contribution in [0.5, 0.6) is 0 Å². The molecular weight excluding hydrogens is 180 g/mol. The molecule has 82 valence electrons. The molecule has 14 heavy (non-hydrogen) atoms. The molecule has 4 heteroatoms. The Kier molecular flexibility index (Phi) is 4.35. The molecule has 4 nitrogen and oxygen atoms in total. The third-order valence-corrected chi connectivity index (χ3v) is 2.76. The molecule has 2 atom stereocenters. The molecule has 1 aliphatic rings. The van der Waals surface area contributed by atoms with E-state index in [0.29, 0.717) is 12.5 Å². The molecule has 0 bridgehead atoms. The maximum atomic E-state index is 11.2. The average molecular weight is 200 g/mol. The van der Waals surface area contributed by atoms with Crippen molar-refractivity contribution < 1.29 is 9.90 Å². The van der Waals surface area contributed by atoms with Crippen LogP contribution in [-0.4, -0.2) is 41.7 Å². The molecule has 0 aromatic rings. The zero-order valence-electron chi connectivity index (χ0n) is 8.78. The van der Waals surface area contributed by atoms with Crippen LogP contribution in [-0.2, 0) is 4.79 Å². The summed E-state index contributed by atoms with van der Waals surface area (Å²) in [6, 6.07) is -0.272. The number of hydrogen-bond donors (Lipinski definition) is 2. The lowest BCUT2D eigenvalue weighted by Gasteiger charge is -2.38.